The van der Waals surface area contributed by atoms with Gasteiger partial charge in [0.15, 0.2) is 0 Å². The van der Waals surface area contributed by atoms with Crippen molar-refractivity contribution in [1.82, 2.24) is 0 Å². The van der Waals surface area contributed by atoms with Gasteiger partial charge in [0.05, 0.1) is 0 Å². The van der Waals surface area contributed by atoms with E-state index in [1.165, 1.54) is 17.7 Å². The first-order valence-electron chi connectivity index (χ1n) is 5.35. The number of benzene rings is 1. The first-order chi connectivity index (χ1) is 6.81. The molecular weight excluding hydrogens is 172 g/mol. The molecule has 0 heterocycles. The fourth-order valence-electron chi connectivity index (χ4n) is 1.58. The summed E-state index contributed by atoms with van der Waals surface area (Å²) in [4.78, 5) is 2.38. The van der Waals surface area contributed by atoms with Crippen molar-refractivity contribution >= 4 is 5.69 Å². The zero-order valence-electron chi connectivity index (χ0n) is 9.16. The molecule has 14 heavy (non-hydrogen) atoms. The normalized spacial score (nSPS) is 10.2. The van der Waals surface area contributed by atoms with Gasteiger partial charge in [0.2, 0.25) is 0 Å². The summed E-state index contributed by atoms with van der Waals surface area (Å²) >= 11 is 0. The van der Waals surface area contributed by atoms with Gasteiger partial charge in [-0.25, -0.2) is 0 Å². The van der Waals surface area contributed by atoms with Crippen molar-refractivity contribution in [2.24, 2.45) is 5.73 Å². The largest absolute Gasteiger partial charge is 0.372 e. The van der Waals surface area contributed by atoms with E-state index in [0.29, 0.717) is 6.54 Å². The first kappa shape index (κ1) is 11.1. The van der Waals surface area contributed by atoms with Gasteiger partial charge in [0, 0.05) is 25.3 Å². The minimum Gasteiger partial charge on any atom is -0.372 e. The molecule has 78 valence electrons. The Hall–Kier alpha value is -1.02. The fourth-order valence-corrected chi connectivity index (χ4v) is 1.58. The average Bonchev–Trinajstić information content (AvgIpc) is 2.26. The third kappa shape index (κ3) is 2.74. The molecule has 0 unspecified atom stereocenters. The molecule has 0 atom stereocenters. The molecule has 0 spiro atoms. The summed E-state index contributed by atoms with van der Waals surface area (Å²) in [5, 5.41) is 0. The zero-order valence-corrected chi connectivity index (χ0v) is 9.16. The van der Waals surface area contributed by atoms with E-state index in [4.69, 9.17) is 5.73 Å². The van der Waals surface area contributed by atoms with Crippen LogP contribution >= 0.6 is 0 Å². The van der Waals surface area contributed by atoms with Gasteiger partial charge in [0.25, 0.3) is 0 Å². The maximum absolute atomic E-state index is 5.55. The van der Waals surface area contributed by atoms with Crippen LogP contribution in [-0.4, -0.2) is 13.1 Å². The highest BCUT2D eigenvalue weighted by atomic mass is 15.1. The van der Waals surface area contributed by atoms with Crippen LogP contribution in [0, 0.1) is 0 Å². The summed E-state index contributed by atoms with van der Waals surface area (Å²) in [6.07, 6.45) is 1.19. The second-order valence-electron chi connectivity index (χ2n) is 3.45. The van der Waals surface area contributed by atoms with Crippen LogP contribution < -0.4 is 10.6 Å². The number of nitrogens with two attached hydrogens (primary N) is 1. The zero-order chi connectivity index (χ0) is 10.4. The van der Waals surface area contributed by atoms with Crippen LogP contribution in [0.5, 0.6) is 0 Å². The van der Waals surface area contributed by atoms with Gasteiger partial charge in [-0.2, -0.15) is 0 Å². The van der Waals surface area contributed by atoms with E-state index in [-0.39, 0.29) is 0 Å². The van der Waals surface area contributed by atoms with E-state index >= 15 is 0 Å². The molecule has 1 rings (SSSR count). The van der Waals surface area contributed by atoms with Crippen LogP contribution in [0.4, 0.5) is 5.69 Å². The van der Waals surface area contributed by atoms with Crippen LogP contribution in [0.1, 0.15) is 25.8 Å². The van der Waals surface area contributed by atoms with E-state index in [1.54, 1.807) is 0 Å². The molecule has 2 nitrogen and oxygen atoms in total. The molecule has 0 radical (unpaired) electrons. The Bertz CT molecular complexity index is 254. The molecule has 0 aliphatic carbocycles. The maximum Gasteiger partial charge on any atom is 0.0366 e. The van der Waals surface area contributed by atoms with Crippen molar-refractivity contribution in [3.8, 4) is 0 Å². The fraction of sp³-hybridized carbons (Fsp3) is 0.500. The number of hydrogen-bond donors (Lipinski definition) is 1. The minimum atomic E-state index is 0.625. The van der Waals surface area contributed by atoms with Crippen LogP contribution in [0.3, 0.4) is 0 Å². The molecule has 0 saturated carbocycles. The lowest BCUT2D eigenvalue weighted by molar-refractivity contribution is 0.791. The summed E-state index contributed by atoms with van der Waals surface area (Å²) in [5.74, 6) is 0. The van der Waals surface area contributed by atoms with Crippen molar-refractivity contribution in [2.75, 3.05) is 18.0 Å². The quantitative estimate of drug-likeness (QED) is 0.776. The summed E-state index contributed by atoms with van der Waals surface area (Å²) in [6, 6.07) is 8.52. The van der Waals surface area contributed by atoms with Crippen molar-refractivity contribution < 1.29 is 0 Å². The standard InChI is InChI=1S/C12H20N2/c1-3-9-14(4-2)12-7-5-11(10-13)6-8-12/h5-8H,3-4,9-10,13H2,1-2H3. The Kier molecular flexibility index (Phi) is 4.47. The van der Waals surface area contributed by atoms with Gasteiger partial charge < -0.3 is 10.6 Å². The molecule has 0 saturated heterocycles. The molecule has 1 aromatic carbocycles. The third-order valence-electron chi connectivity index (χ3n) is 2.41. The van der Waals surface area contributed by atoms with E-state index in [0.717, 1.165) is 13.1 Å². The molecule has 2 heteroatoms. The smallest absolute Gasteiger partial charge is 0.0366 e. The highest BCUT2D eigenvalue weighted by Gasteiger charge is 2.01. The van der Waals surface area contributed by atoms with Gasteiger partial charge >= 0.3 is 0 Å². The summed E-state index contributed by atoms with van der Waals surface area (Å²) in [7, 11) is 0. The molecule has 0 bridgehead atoms. The van der Waals surface area contributed by atoms with Crippen molar-refractivity contribution in [3.63, 3.8) is 0 Å². The number of anilines is 1. The molecule has 0 aliphatic rings. The topological polar surface area (TPSA) is 29.3 Å². The Morgan fingerprint density at radius 3 is 2.21 bits per heavy atom. The predicted octanol–water partition coefficient (Wildman–Crippen LogP) is 2.38. The lowest BCUT2D eigenvalue weighted by Crippen LogP contribution is -2.23. The van der Waals surface area contributed by atoms with Gasteiger partial charge in [-0.1, -0.05) is 19.1 Å². The highest BCUT2D eigenvalue weighted by molar-refractivity contribution is 5.47. The van der Waals surface area contributed by atoms with Crippen molar-refractivity contribution in [1.29, 1.82) is 0 Å². The molecule has 0 amide bonds. The molecule has 1 aromatic rings. The number of rotatable bonds is 5. The Balaban J connectivity index is 2.73. The van der Waals surface area contributed by atoms with Crippen molar-refractivity contribution in [2.45, 2.75) is 26.8 Å². The lowest BCUT2D eigenvalue weighted by Gasteiger charge is -2.22. The second-order valence-corrected chi connectivity index (χ2v) is 3.45. The predicted molar refractivity (Wildman–Crippen MR) is 62.5 cm³/mol. The van der Waals surface area contributed by atoms with Gasteiger partial charge in [-0.3, -0.25) is 0 Å². The molecule has 2 N–H and O–H groups in total. The van der Waals surface area contributed by atoms with Crippen LogP contribution in [0.2, 0.25) is 0 Å². The molecule has 0 fully saturated rings. The summed E-state index contributed by atoms with van der Waals surface area (Å²) in [5.41, 5.74) is 8.05. The van der Waals surface area contributed by atoms with E-state index in [2.05, 4.69) is 43.0 Å². The number of hydrogen-bond acceptors (Lipinski definition) is 2. The first-order valence-corrected chi connectivity index (χ1v) is 5.35. The SMILES string of the molecule is CCCN(CC)c1ccc(CN)cc1. The van der Waals surface area contributed by atoms with Crippen LogP contribution in [0.25, 0.3) is 0 Å². The van der Waals surface area contributed by atoms with E-state index in [9.17, 15) is 0 Å². The average molecular weight is 192 g/mol. The summed E-state index contributed by atoms with van der Waals surface area (Å²) in [6.45, 7) is 7.21. The maximum atomic E-state index is 5.55. The molecule has 0 aliphatic heterocycles. The van der Waals surface area contributed by atoms with Gasteiger partial charge in [-0.15, -0.1) is 0 Å². The monoisotopic (exact) mass is 192 g/mol. The van der Waals surface area contributed by atoms with Gasteiger partial charge in [0.1, 0.15) is 0 Å². The molecule has 0 aromatic heterocycles. The van der Waals surface area contributed by atoms with Crippen LogP contribution in [0.15, 0.2) is 24.3 Å². The summed E-state index contributed by atoms with van der Waals surface area (Å²) < 4.78 is 0. The third-order valence-corrected chi connectivity index (χ3v) is 2.41. The molecular formula is C12H20N2. The number of nitrogens with zero attached hydrogens (tertiary/aromatic N) is 1. The van der Waals surface area contributed by atoms with E-state index in [1.807, 2.05) is 0 Å². The Morgan fingerprint density at radius 1 is 1.14 bits per heavy atom. The lowest BCUT2D eigenvalue weighted by atomic mass is 10.2. The Labute approximate surface area is 86.7 Å². The highest BCUT2D eigenvalue weighted by Crippen LogP contribution is 2.15. The van der Waals surface area contributed by atoms with Crippen LogP contribution in [-0.2, 0) is 6.54 Å². The minimum absolute atomic E-state index is 0.625. The Morgan fingerprint density at radius 2 is 1.79 bits per heavy atom. The van der Waals surface area contributed by atoms with E-state index < -0.39 is 0 Å². The van der Waals surface area contributed by atoms with Crippen molar-refractivity contribution in [3.05, 3.63) is 29.8 Å². The second kappa shape index (κ2) is 5.66. The van der Waals surface area contributed by atoms with Gasteiger partial charge in [-0.05, 0) is 31.0 Å².